The minimum atomic E-state index is -1.10. The first-order chi connectivity index (χ1) is 19.0. The Morgan fingerprint density at radius 2 is 1.88 bits per heavy atom. The van der Waals surface area contributed by atoms with E-state index in [-0.39, 0.29) is 18.3 Å². The highest BCUT2D eigenvalue weighted by Crippen LogP contribution is 2.35. The van der Waals surface area contributed by atoms with Crippen LogP contribution in [0.1, 0.15) is 44.9 Å². The number of ether oxygens (including phenoxy) is 4. The average molecular weight is 778 g/mol. The summed E-state index contributed by atoms with van der Waals surface area (Å²) in [5.74, 6) is 1.03. The molecule has 3 rings (SSSR count). The van der Waals surface area contributed by atoms with E-state index in [1.165, 1.54) is 7.11 Å². The van der Waals surface area contributed by atoms with Crippen LogP contribution < -0.4 is 30.3 Å². The maximum atomic E-state index is 12.4. The van der Waals surface area contributed by atoms with Crippen molar-refractivity contribution in [3.63, 3.8) is 0 Å². The van der Waals surface area contributed by atoms with Gasteiger partial charge in [0.05, 0.1) is 44.8 Å². The van der Waals surface area contributed by atoms with Crippen molar-refractivity contribution < 1.29 is 33.6 Å². The molecule has 0 aliphatic carbocycles. The number of allylic oxidation sites excluding steroid dienone is 1. The maximum Gasteiger partial charge on any atom is 0.337 e. The van der Waals surface area contributed by atoms with E-state index in [2.05, 4.69) is 66.3 Å². The molecule has 0 unspecified atom stereocenters. The second-order valence-electron chi connectivity index (χ2n) is 8.90. The lowest BCUT2D eigenvalue weighted by atomic mass is 9.95. The number of carbonyl (C=O) groups excluding carboxylic acids is 2. The van der Waals surface area contributed by atoms with Crippen molar-refractivity contribution in [1.29, 1.82) is 0 Å². The molecule has 1 aliphatic rings. The number of nitrogens with zero attached hydrogens (tertiary/aromatic N) is 1. The minimum Gasteiger partial charge on any atom is -0.490 e. The standard InChI is InChI=1S/C27H32I2N4O7/c1-6-38-21-11-17(24-23(26(35)37-5)15(4)31-27(36)32-24)7-8-20(21)39-13-22(34)33-30-12-16-9-18(28)25(19(29)10-16)40-14(2)3/h7-12,14,22,24,33-34H,6,13H2,1-5H3,(H2,31,32,36)/b30-12+/t22-,24+/m0/s1. The highest BCUT2D eigenvalue weighted by molar-refractivity contribution is 14.1. The van der Waals surface area contributed by atoms with E-state index in [1.807, 2.05) is 32.9 Å². The Hall–Kier alpha value is -2.79. The number of aliphatic hydroxyl groups is 1. The van der Waals surface area contributed by atoms with Gasteiger partial charge in [-0.2, -0.15) is 5.10 Å². The number of amides is 2. The van der Waals surface area contributed by atoms with Gasteiger partial charge in [-0.25, -0.2) is 9.59 Å². The fourth-order valence-corrected chi connectivity index (χ4v) is 5.89. The maximum absolute atomic E-state index is 12.4. The normalized spacial score (nSPS) is 15.9. The number of benzene rings is 2. The third-order valence-electron chi connectivity index (χ3n) is 5.48. The molecule has 2 aromatic carbocycles. The van der Waals surface area contributed by atoms with Crippen LogP contribution in [0.2, 0.25) is 0 Å². The van der Waals surface area contributed by atoms with Crippen LogP contribution in [0.5, 0.6) is 17.2 Å². The lowest BCUT2D eigenvalue weighted by Crippen LogP contribution is -2.45. The van der Waals surface area contributed by atoms with Crippen LogP contribution in [0, 0.1) is 7.14 Å². The number of hydrazone groups is 1. The second-order valence-corrected chi connectivity index (χ2v) is 11.2. The van der Waals surface area contributed by atoms with Crippen LogP contribution in [-0.2, 0) is 9.53 Å². The molecule has 0 bridgehead atoms. The van der Waals surface area contributed by atoms with Gasteiger partial charge in [-0.15, -0.1) is 0 Å². The smallest absolute Gasteiger partial charge is 0.337 e. The topological polar surface area (TPSA) is 140 Å². The summed E-state index contributed by atoms with van der Waals surface area (Å²) >= 11 is 4.44. The van der Waals surface area contributed by atoms with Crippen molar-refractivity contribution in [2.75, 3.05) is 20.3 Å². The van der Waals surface area contributed by atoms with Gasteiger partial charge in [0.2, 0.25) is 0 Å². The Morgan fingerprint density at radius 3 is 2.50 bits per heavy atom. The number of hydrogen-bond acceptors (Lipinski definition) is 9. The average Bonchev–Trinajstić information content (AvgIpc) is 2.89. The summed E-state index contributed by atoms with van der Waals surface area (Å²) < 4.78 is 24.2. The van der Waals surface area contributed by atoms with E-state index in [0.717, 1.165) is 18.5 Å². The van der Waals surface area contributed by atoms with Gasteiger partial charge >= 0.3 is 12.0 Å². The van der Waals surface area contributed by atoms with Crippen molar-refractivity contribution in [1.82, 2.24) is 16.1 Å². The lowest BCUT2D eigenvalue weighted by Gasteiger charge is -2.28. The van der Waals surface area contributed by atoms with Crippen molar-refractivity contribution in [3.05, 3.63) is 59.9 Å². The molecule has 11 nitrogen and oxygen atoms in total. The molecule has 1 aliphatic heterocycles. The monoisotopic (exact) mass is 778 g/mol. The lowest BCUT2D eigenvalue weighted by molar-refractivity contribution is -0.136. The van der Waals surface area contributed by atoms with Crippen molar-refractivity contribution >= 4 is 63.4 Å². The Labute approximate surface area is 260 Å². The molecule has 0 aromatic heterocycles. The van der Waals surface area contributed by atoms with Crippen LogP contribution in [0.25, 0.3) is 0 Å². The summed E-state index contributed by atoms with van der Waals surface area (Å²) in [6.07, 6.45) is 0.573. The van der Waals surface area contributed by atoms with Gasteiger partial charge in [-0.3, -0.25) is 5.43 Å². The third kappa shape index (κ3) is 8.36. The van der Waals surface area contributed by atoms with E-state index >= 15 is 0 Å². The van der Waals surface area contributed by atoms with Crippen molar-refractivity contribution in [3.8, 4) is 17.2 Å². The van der Waals surface area contributed by atoms with Gasteiger partial charge in [0.15, 0.2) is 17.7 Å². The summed E-state index contributed by atoms with van der Waals surface area (Å²) in [5.41, 5.74) is 4.78. The summed E-state index contributed by atoms with van der Waals surface area (Å²) in [6.45, 7) is 7.64. The predicted octanol–water partition coefficient (Wildman–Crippen LogP) is 4.20. The van der Waals surface area contributed by atoms with E-state index in [0.29, 0.717) is 29.4 Å². The van der Waals surface area contributed by atoms with Gasteiger partial charge in [0, 0.05) is 5.70 Å². The molecular weight excluding hydrogens is 746 g/mol. The molecule has 40 heavy (non-hydrogen) atoms. The fraction of sp³-hybridized carbons (Fsp3) is 0.370. The predicted molar refractivity (Wildman–Crippen MR) is 167 cm³/mol. The Kier molecular flexibility index (Phi) is 11.7. The van der Waals surface area contributed by atoms with E-state index in [9.17, 15) is 14.7 Å². The molecule has 0 spiro atoms. The summed E-state index contributed by atoms with van der Waals surface area (Å²) in [7, 11) is 1.28. The van der Waals surface area contributed by atoms with Gasteiger partial charge < -0.3 is 34.7 Å². The molecule has 2 aromatic rings. The summed E-state index contributed by atoms with van der Waals surface area (Å²) in [5, 5.41) is 19.8. The zero-order valence-corrected chi connectivity index (χ0v) is 27.0. The number of urea groups is 1. The number of carbonyl (C=O) groups is 2. The van der Waals surface area contributed by atoms with Crippen LogP contribution in [0.3, 0.4) is 0 Å². The largest absolute Gasteiger partial charge is 0.490 e. The SMILES string of the molecule is CCOc1cc([C@H]2NC(=O)NC(C)=C2C(=O)OC)ccc1OC[C@H](O)N/N=C/c1cc(I)c(OC(C)C)c(I)c1. The van der Waals surface area contributed by atoms with E-state index < -0.39 is 24.3 Å². The van der Waals surface area contributed by atoms with Gasteiger partial charge in [-0.05, 0) is 108 Å². The molecule has 2 atom stereocenters. The summed E-state index contributed by atoms with van der Waals surface area (Å²) in [6, 6.07) is 7.74. The highest BCUT2D eigenvalue weighted by Gasteiger charge is 2.32. The molecule has 216 valence electrons. The van der Waals surface area contributed by atoms with Gasteiger partial charge in [-0.1, -0.05) is 6.07 Å². The number of methoxy groups -OCH3 is 1. The molecule has 0 saturated carbocycles. The van der Waals surface area contributed by atoms with Crippen molar-refractivity contribution in [2.24, 2.45) is 5.10 Å². The molecule has 13 heteroatoms. The zero-order valence-electron chi connectivity index (χ0n) is 22.7. The highest BCUT2D eigenvalue weighted by atomic mass is 127. The number of rotatable bonds is 12. The zero-order chi connectivity index (χ0) is 29.4. The summed E-state index contributed by atoms with van der Waals surface area (Å²) in [4.78, 5) is 24.5. The third-order valence-corrected chi connectivity index (χ3v) is 7.09. The van der Waals surface area contributed by atoms with Gasteiger partial charge in [0.1, 0.15) is 12.4 Å². The van der Waals surface area contributed by atoms with Crippen molar-refractivity contribution in [2.45, 2.75) is 46.1 Å². The van der Waals surface area contributed by atoms with Crippen LogP contribution in [0.4, 0.5) is 4.79 Å². The molecule has 0 saturated heterocycles. The van der Waals surface area contributed by atoms with E-state index in [1.54, 1.807) is 31.3 Å². The number of hydrogen-bond donors (Lipinski definition) is 4. The first-order valence-corrected chi connectivity index (χ1v) is 14.6. The quantitative estimate of drug-likeness (QED) is 0.0828. The molecule has 0 radical (unpaired) electrons. The first-order valence-electron chi connectivity index (χ1n) is 12.4. The first kappa shape index (κ1) is 31.7. The van der Waals surface area contributed by atoms with Crippen LogP contribution >= 0.6 is 45.2 Å². The molecule has 1 heterocycles. The number of nitrogens with one attached hydrogen (secondary N) is 3. The number of aliphatic hydroxyl groups excluding tert-OH is 1. The molecule has 2 amide bonds. The molecular formula is C27H32I2N4O7. The Balaban J connectivity index is 1.68. The Bertz CT molecular complexity index is 1280. The number of esters is 1. The molecule has 4 N–H and O–H groups in total. The fourth-order valence-electron chi connectivity index (χ4n) is 3.82. The van der Waals surface area contributed by atoms with Gasteiger partial charge in [0.25, 0.3) is 0 Å². The second kappa shape index (κ2) is 14.7. The van der Waals surface area contributed by atoms with E-state index in [4.69, 9.17) is 18.9 Å². The van der Waals surface area contributed by atoms with Crippen LogP contribution in [0.15, 0.2) is 46.7 Å². The molecule has 0 fully saturated rings. The Morgan fingerprint density at radius 1 is 1.18 bits per heavy atom. The van der Waals surface area contributed by atoms with Crippen LogP contribution in [-0.4, -0.2) is 56.0 Å². The minimum absolute atomic E-state index is 0.0709. The number of halogens is 2.